The maximum absolute atomic E-state index is 11.9. The third-order valence-corrected chi connectivity index (χ3v) is 3.55. The number of piperazine rings is 1. The molecule has 5 heteroatoms. The molecule has 0 spiro atoms. The Kier molecular flexibility index (Phi) is 5.24. The van der Waals surface area contributed by atoms with Crippen LogP contribution in [0.5, 0.6) is 0 Å². The van der Waals surface area contributed by atoms with Crippen molar-refractivity contribution in [2.75, 3.05) is 51.3 Å². The molecule has 1 aliphatic heterocycles. The number of benzene rings is 1. The first-order chi connectivity index (χ1) is 9.70. The van der Waals surface area contributed by atoms with Crippen LogP contribution < -0.4 is 10.2 Å². The Bertz CT molecular complexity index is 425. The van der Waals surface area contributed by atoms with Crippen molar-refractivity contribution in [3.05, 3.63) is 29.8 Å². The molecule has 1 aromatic carbocycles. The molecule has 1 fully saturated rings. The van der Waals surface area contributed by atoms with Crippen LogP contribution in [0.3, 0.4) is 0 Å². The van der Waals surface area contributed by atoms with Crippen molar-refractivity contribution in [2.45, 2.75) is 6.92 Å². The maximum atomic E-state index is 11.9. The van der Waals surface area contributed by atoms with E-state index in [1.165, 1.54) is 11.3 Å². The van der Waals surface area contributed by atoms with Crippen LogP contribution >= 0.6 is 0 Å². The number of nitrogens with one attached hydrogen (secondary N) is 1. The van der Waals surface area contributed by atoms with Gasteiger partial charge in [0.25, 0.3) is 0 Å². The van der Waals surface area contributed by atoms with Gasteiger partial charge in [-0.1, -0.05) is 17.7 Å². The van der Waals surface area contributed by atoms with Crippen molar-refractivity contribution in [3.63, 3.8) is 0 Å². The second kappa shape index (κ2) is 7.14. The van der Waals surface area contributed by atoms with E-state index in [2.05, 4.69) is 41.4 Å². The van der Waals surface area contributed by atoms with Gasteiger partial charge in [-0.2, -0.15) is 0 Å². The molecule has 2 rings (SSSR count). The zero-order valence-electron chi connectivity index (χ0n) is 12.3. The lowest BCUT2D eigenvalue weighted by atomic mass is 10.2. The smallest absolute Gasteiger partial charge is 0.317 e. The van der Waals surface area contributed by atoms with Crippen molar-refractivity contribution in [3.8, 4) is 0 Å². The molecule has 2 amide bonds. The minimum Gasteiger partial charge on any atom is -0.383 e. The molecule has 110 valence electrons. The normalized spacial score (nSPS) is 15.3. The number of methoxy groups -OCH3 is 1. The lowest BCUT2D eigenvalue weighted by Crippen LogP contribution is -2.52. The second-order valence-corrected chi connectivity index (χ2v) is 5.03. The number of anilines is 1. The van der Waals surface area contributed by atoms with Gasteiger partial charge < -0.3 is 19.9 Å². The van der Waals surface area contributed by atoms with Crippen molar-refractivity contribution in [1.29, 1.82) is 0 Å². The number of hydrogen-bond acceptors (Lipinski definition) is 3. The first-order valence-electron chi connectivity index (χ1n) is 7.04. The molecule has 1 N–H and O–H groups in total. The summed E-state index contributed by atoms with van der Waals surface area (Å²) in [5.74, 6) is 0. The quantitative estimate of drug-likeness (QED) is 0.848. The molecular weight excluding hydrogens is 254 g/mol. The molecule has 1 saturated heterocycles. The molecule has 0 radical (unpaired) electrons. The summed E-state index contributed by atoms with van der Waals surface area (Å²) in [7, 11) is 1.63. The SMILES string of the molecule is COCCNC(=O)N1CCN(c2ccc(C)cc2)CC1. The average Bonchev–Trinajstić information content (AvgIpc) is 2.48. The van der Waals surface area contributed by atoms with Crippen LogP contribution in [0.4, 0.5) is 10.5 Å². The number of aryl methyl sites for hydroxylation is 1. The van der Waals surface area contributed by atoms with E-state index in [1.54, 1.807) is 7.11 Å². The summed E-state index contributed by atoms with van der Waals surface area (Å²) in [5.41, 5.74) is 2.50. The van der Waals surface area contributed by atoms with E-state index >= 15 is 0 Å². The van der Waals surface area contributed by atoms with Crippen molar-refractivity contribution < 1.29 is 9.53 Å². The third kappa shape index (κ3) is 3.87. The van der Waals surface area contributed by atoms with Gasteiger partial charge in [0, 0.05) is 45.5 Å². The van der Waals surface area contributed by atoms with E-state index < -0.39 is 0 Å². The molecule has 1 aliphatic rings. The zero-order chi connectivity index (χ0) is 14.4. The summed E-state index contributed by atoms with van der Waals surface area (Å²) in [5, 5.41) is 2.86. The van der Waals surface area contributed by atoms with E-state index in [-0.39, 0.29) is 6.03 Å². The fraction of sp³-hybridized carbons (Fsp3) is 0.533. The molecule has 0 atom stereocenters. The van der Waals surface area contributed by atoms with Crippen LogP contribution in [-0.4, -0.2) is 57.4 Å². The Balaban J connectivity index is 1.80. The molecule has 0 bridgehead atoms. The van der Waals surface area contributed by atoms with E-state index in [9.17, 15) is 4.79 Å². The van der Waals surface area contributed by atoms with Gasteiger partial charge in [-0.25, -0.2) is 4.79 Å². The van der Waals surface area contributed by atoms with Gasteiger partial charge >= 0.3 is 6.03 Å². The molecule has 5 nitrogen and oxygen atoms in total. The van der Waals surface area contributed by atoms with Crippen LogP contribution in [0, 0.1) is 6.92 Å². The standard InChI is InChI=1S/C15H23N3O2/c1-13-3-5-14(6-4-13)17-8-10-18(11-9-17)15(19)16-7-12-20-2/h3-6H,7-12H2,1-2H3,(H,16,19). The molecule has 0 aliphatic carbocycles. The second-order valence-electron chi connectivity index (χ2n) is 5.03. The van der Waals surface area contributed by atoms with Gasteiger partial charge in [0.05, 0.1) is 6.61 Å². The fourth-order valence-electron chi connectivity index (χ4n) is 2.30. The van der Waals surface area contributed by atoms with Crippen LogP contribution in [0.15, 0.2) is 24.3 Å². The number of carbonyl (C=O) groups is 1. The van der Waals surface area contributed by atoms with Gasteiger partial charge in [-0.15, -0.1) is 0 Å². The highest BCUT2D eigenvalue weighted by Crippen LogP contribution is 2.16. The number of rotatable bonds is 4. The Morgan fingerprint density at radius 3 is 2.45 bits per heavy atom. The first kappa shape index (κ1) is 14.7. The van der Waals surface area contributed by atoms with Crippen molar-refractivity contribution in [2.24, 2.45) is 0 Å². The largest absolute Gasteiger partial charge is 0.383 e. The number of hydrogen-bond donors (Lipinski definition) is 1. The summed E-state index contributed by atoms with van der Waals surface area (Å²) < 4.78 is 4.92. The minimum atomic E-state index is 0.00519. The molecule has 0 aromatic heterocycles. The molecule has 0 saturated carbocycles. The van der Waals surface area contributed by atoms with Gasteiger partial charge in [-0.05, 0) is 19.1 Å². The number of amides is 2. The lowest BCUT2D eigenvalue weighted by molar-refractivity contribution is 0.177. The predicted octanol–water partition coefficient (Wildman–Crippen LogP) is 1.47. The summed E-state index contributed by atoms with van der Waals surface area (Å²) in [6, 6.07) is 8.54. The average molecular weight is 277 g/mol. The molecule has 20 heavy (non-hydrogen) atoms. The fourth-order valence-corrected chi connectivity index (χ4v) is 2.30. The Morgan fingerprint density at radius 2 is 1.85 bits per heavy atom. The maximum Gasteiger partial charge on any atom is 0.317 e. The highest BCUT2D eigenvalue weighted by atomic mass is 16.5. The molecule has 1 heterocycles. The minimum absolute atomic E-state index is 0.00519. The van der Waals surface area contributed by atoms with Crippen LogP contribution in [0.25, 0.3) is 0 Å². The van der Waals surface area contributed by atoms with Gasteiger partial charge in [0.1, 0.15) is 0 Å². The summed E-state index contributed by atoms with van der Waals surface area (Å²) in [6.07, 6.45) is 0. The predicted molar refractivity (Wildman–Crippen MR) is 80.2 cm³/mol. The van der Waals surface area contributed by atoms with Crippen LogP contribution in [0.1, 0.15) is 5.56 Å². The summed E-state index contributed by atoms with van der Waals surface area (Å²) >= 11 is 0. The Labute approximate surface area is 120 Å². The molecular formula is C15H23N3O2. The number of nitrogens with zero attached hydrogens (tertiary/aromatic N) is 2. The zero-order valence-corrected chi connectivity index (χ0v) is 12.3. The molecule has 0 unspecified atom stereocenters. The van der Waals surface area contributed by atoms with E-state index in [0.29, 0.717) is 13.2 Å². The molecule has 1 aromatic rings. The van der Waals surface area contributed by atoms with Crippen LogP contribution in [-0.2, 0) is 4.74 Å². The van der Waals surface area contributed by atoms with E-state index in [0.717, 1.165) is 26.2 Å². The van der Waals surface area contributed by atoms with Crippen molar-refractivity contribution >= 4 is 11.7 Å². The number of urea groups is 1. The van der Waals surface area contributed by atoms with Gasteiger partial charge in [0.15, 0.2) is 0 Å². The lowest BCUT2D eigenvalue weighted by Gasteiger charge is -2.36. The third-order valence-electron chi connectivity index (χ3n) is 3.55. The number of ether oxygens (including phenoxy) is 1. The summed E-state index contributed by atoms with van der Waals surface area (Å²) in [6.45, 7) is 6.47. The van der Waals surface area contributed by atoms with Crippen LogP contribution in [0.2, 0.25) is 0 Å². The van der Waals surface area contributed by atoms with E-state index in [1.807, 2.05) is 4.90 Å². The van der Waals surface area contributed by atoms with Crippen molar-refractivity contribution in [1.82, 2.24) is 10.2 Å². The topological polar surface area (TPSA) is 44.8 Å². The highest BCUT2D eigenvalue weighted by molar-refractivity contribution is 5.74. The Hall–Kier alpha value is -1.75. The van der Waals surface area contributed by atoms with Gasteiger partial charge in [0.2, 0.25) is 0 Å². The first-order valence-corrected chi connectivity index (χ1v) is 7.04. The van der Waals surface area contributed by atoms with Gasteiger partial charge in [-0.3, -0.25) is 0 Å². The van der Waals surface area contributed by atoms with E-state index in [4.69, 9.17) is 4.74 Å². The highest BCUT2D eigenvalue weighted by Gasteiger charge is 2.20. The Morgan fingerprint density at radius 1 is 1.20 bits per heavy atom. The number of carbonyl (C=O) groups excluding carboxylic acids is 1. The monoisotopic (exact) mass is 277 g/mol. The summed E-state index contributed by atoms with van der Waals surface area (Å²) in [4.78, 5) is 16.1.